The Morgan fingerprint density at radius 1 is 1.00 bits per heavy atom. The molecule has 1 saturated carbocycles. The predicted molar refractivity (Wildman–Crippen MR) is 74.1 cm³/mol. The zero-order valence-electron chi connectivity index (χ0n) is 11.2. The summed E-state index contributed by atoms with van der Waals surface area (Å²) in [6.07, 6.45) is 9.72. The zero-order chi connectivity index (χ0) is 12.8. The van der Waals surface area contributed by atoms with Crippen LogP contribution in [0.2, 0.25) is 0 Å². The van der Waals surface area contributed by atoms with Crippen molar-refractivity contribution in [3.8, 4) is 0 Å². The van der Waals surface area contributed by atoms with Gasteiger partial charge in [-0.25, -0.2) is 12.7 Å². The van der Waals surface area contributed by atoms with Crippen molar-refractivity contribution in [2.24, 2.45) is 0 Å². The molecule has 5 heteroatoms. The smallest absolute Gasteiger partial charge is 0.214 e. The molecule has 1 N–H and O–H groups in total. The highest BCUT2D eigenvalue weighted by Crippen LogP contribution is 2.17. The van der Waals surface area contributed by atoms with Crippen molar-refractivity contribution in [3.63, 3.8) is 0 Å². The molecule has 0 unspecified atom stereocenters. The highest BCUT2D eigenvalue weighted by Gasteiger charge is 2.25. The lowest BCUT2D eigenvalue weighted by Gasteiger charge is -2.27. The second-order valence-corrected chi connectivity index (χ2v) is 7.65. The number of nitrogens with one attached hydrogen (secondary N) is 1. The van der Waals surface area contributed by atoms with Gasteiger partial charge in [-0.15, -0.1) is 0 Å². The number of rotatable bonds is 4. The van der Waals surface area contributed by atoms with Gasteiger partial charge in [0.2, 0.25) is 10.0 Å². The zero-order valence-corrected chi connectivity index (χ0v) is 12.1. The molecule has 0 atom stereocenters. The Hall–Kier alpha value is -0.130. The first kappa shape index (κ1) is 14.3. The number of sulfonamides is 1. The number of nitrogens with zero attached hydrogens (tertiary/aromatic N) is 1. The van der Waals surface area contributed by atoms with Crippen LogP contribution in [0.5, 0.6) is 0 Å². The average molecular weight is 274 g/mol. The molecule has 1 aliphatic carbocycles. The normalized spacial score (nSPS) is 26.9. The molecule has 106 valence electrons. The third-order valence-corrected chi connectivity index (χ3v) is 6.06. The minimum atomic E-state index is -2.94. The van der Waals surface area contributed by atoms with E-state index in [4.69, 9.17) is 0 Å². The molecule has 0 aromatic carbocycles. The van der Waals surface area contributed by atoms with Crippen LogP contribution in [0, 0.1) is 0 Å². The van der Waals surface area contributed by atoms with E-state index in [0.29, 0.717) is 24.9 Å². The summed E-state index contributed by atoms with van der Waals surface area (Å²) < 4.78 is 25.3. The lowest BCUT2D eigenvalue weighted by atomic mass is 10.1. The van der Waals surface area contributed by atoms with Gasteiger partial charge in [-0.2, -0.15) is 0 Å². The largest absolute Gasteiger partial charge is 0.313 e. The maximum atomic E-state index is 11.8. The number of hydrogen-bond donors (Lipinski definition) is 1. The van der Waals surface area contributed by atoms with Crippen molar-refractivity contribution in [1.82, 2.24) is 9.62 Å². The van der Waals surface area contributed by atoms with Crippen molar-refractivity contribution >= 4 is 10.0 Å². The Morgan fingerprint density at radius 2 is 1.72 bits per heavy atom. The van der Waals surface area contributed by atoms with Crippen molar-refractivity contribution in [2.45, 2.75) is 57.4 Å². The van der Waals surface area contributed by atoms with Crippen LogP contribution in [-0.2, 0) is 10.0 Å². The fraction of sp³-hybridized carbons (Fsp3) is 1.00. The molecule has 0 amide bonds. The Morgan fingerprint density at radius 3 is 2.39 bits per heavy atom. The third kappa shape index (κ3) is 4.21. The van der Waals surface area contributed by atoms with Gasteiger partial charge in [0.25, 0.3) is 0 Å². The maximum Gasteiger partial charge on any atom is 0.214 e. The van der Waals surface area contributed by atoms with Crippen LogP contribution in [0.1, 0.15) is 51.4 Å². The first-order valence-electron chi connectivity index (χ1n) is 7.40. The molecule has 2 aliphatic rings. The van der Waals surface area contributed by atoms with Crippen LogP contribution < -0.4 is 5.32 Å². The first-order valence-corrected chi connectivity index (χ1v) is 9.00. The molecule has 1 heterocycles. The van der Waals surface area contributed by atoms with Crippen LogP contribution in [0.3, 0.4) is 0 Å². The van der Waals surface area contributed by atoms with Gasteiger partial charge < -0.3 is 5.32 Å². The average Bonchev–Trinajstić information content (AvgIpc) is 2.60. The minimum absolute atomic E-state index is 0.344. The van der Waals surface area contributed by atoms with Crippen molar-refractivity contribution in [2.75, 3.05) is 25.4 Å². The van der Waals surface area contributed by atoms with E-state index in [-0.39, 0.29) is 0 Å². The molecule has 0 spiro atoms. The number of hydrogen-bond acceptors (Lipinski definition) is 3. The van der Waals surface area contributed by atoms with Gasteiger partial charge >= 0.3 is 0 Å². The van der Waals surface area contributed by atoms with Gasteiger partial charge in [0, 0.05) is 25.7 Å². The molecular formula is C13H26N2O2S. The van der Waals surface area contributed by atoms with E-state index in [9.17, 15) is 8.42 Å². The maximum absolute atomic E-state index is 11.8. The topological polar surface area (TPSA) is 49.4 Å². The molecule has 2 rings (SSSR count). The van der Waals surface area contributed by atoms with Crippen molar-refractivity contribution in [3.05, 3.63) is 0 Å². The van der Waals surface area contributed by atoms with E-state index in [1.807, 2.05) is 0 Å². The summed E-state index contributed by atoms with van der Waals surface area (Å²) in [7, 11) is -2.94. The fourth-order valence-corrected chi connectivity index (χ4v) is 4.57. The molecule has 0 aromatic rings. The second-order valence-electron chi connectivity index (χ2n) is 5.56. The van der Waals surface area contributed by atoms with Crippen LogP contribution >= 0.6 is 0 Å². The molecular weight excluding hydrogens is 248 g/mol. The summed E-state index contributed by atoms with van der Waals surface area (Å²) in [6.45, 7) is 2.18. The van der Waals surface area contributed by atoms with Crippen LogP contribution in [0.15, 0.2) is 0 Å². The molecule has 18 heavy (non-hydrogen) atoms. The van der Waals surface area contributed by atoms with Gasteiger partial charge in [-0.05, 0) is 25.7 Å². The Balaban J connectivity index is 1.70. The van der Waals surface area contributed by atoms with E-state index in [2.05, 4.69) is 5.32 Å². The van der Waals surface area contributed by atoms with Crippen LogP contribution in [0.25, 0.3) is 0 Å². The summed E-state index contributed by atoms with van der Waals surface area (Å²) in [4.78, 5) is 0. The highest BCUT2D eigenvalue weighted by atomic mass is 32.2. The lowest BCUT2D eigenvalue weighted by Crippen LogP contribution is -2.43. The van der Waals surface area contributed by atoms with Gasteiger partial charge in [-0.3, -0.25) is 0 Å². The Bertz CT molecular complexity index is 335. The van der Waals surface area contributed by atoms with Crippen LogP contribution in [-0.4, -0.2) is 44.2 Å². The molecule has 1 aliphatic heterocycles. The van der Waals surface area contributed by atoms with E-state index in [0.717, 1.165) is 19.4 Å². The summed E-state index contributed by atoms with van der Waals surface area (Å²) in [6, 6.07) is 0.611. The van der Waals surface area contributed by atoms with E-state index in [1.165, 1.54) is 38.5 Å². The molecule has 2 fully saturated rings. The monoisotopic (exact) mass is 274 g/mol. The summed E-state index contributed by atoms with van der Waals surface area (Å²) >= 11 is 0. The third-order valence-electron chi connectivity index (χ3n) is 4.10. The SMILES string of the molecule is O=S1(=O)CCCCN1CCNC1CCCCCC1. The summed E-state index contributed by atoms with van der Waals surface area (Å²) in [5, 5.41) is 3.54. The van der Waals surface area contributed by atoms with Gasteiger partial charge in [0.05, 0.1) is 5.75 Å². The minimum Gasteiger partial charge on any atom is -0.313 e. The molecule has 4 nitrogen and oxygen atoms in total. The molecule has 1 saturated heterocycles. The summed E-state index contributed by atoms with van der Waals surface area (Å²) in [5.74, 6) is 0.344. The van der Waals surface area contributed by atoms with Gasteiger partial charge in [-0.1, -0.05) is 25.7 Å². The van der Waals surface area contributed by atoms with E-state index in [1.54, 1.807) is 4.31 Å². The van der Waals surface area contributed by atoms with Gasteiger partial charge in [0.1, 0.15) is 0 Å². The summed E-state index contributed by atoms with van der Waals surface area (Å²) in [5.41, 5.74) is 0. The lowest BCUT2D eigenvalue weighted by molar-refractivity contribution is 0.361. The highest BCUT2D eigenvalue weighted by molar-refractivity contribution is 7.89. The van der Waals surface area contributed by atoms with Crippen molar-refractivity contribution in [1.29, 1.82) is 0 Å². The molecule has 0 bridgehead atoms. The Kier molecular flexibility index (Phi) is 5.45. The second kappa shape index (κ2) is 6.87. The van der Waals surface area contributed by atoms with Gasteiger partial charge in [0.15, 0.2) is 0 Å². The van der Waals surface area contributed by atoms with E-state index >= 15 is 0 Å². The quantitative estimate of drug-likeness (QED) is 0.794. The Labute approximate surface area is 111 Å². The standard InChI is InChI=1S/C13H26N2O2S/c16-18(17)12-6-5-10-15(18)11-9-14-13-7-3-1-2-4-8-13/h13-14H,1-12H2. The van der Waals surface area contributed by atoms with Crippen LogP contribution in [0.4, 0.5) is 0 Å². The van der Waals surface area contributed by atoms with Crippen molar-refractivity contribution < 1.29 is 8.42 Å². The first-order chi connectivity index (χ1) is 8.68. The predicted octanol–water partition coefficient (Wildman–Crippen LogP) is 1.72. The fourth-order valence-electron chi connectivity index (χ4n) is 2.97. The van der Waals surface area contributed by atoms with E-state index < -0.39 is 10.0 Å². The molecule has 0 radical (unpaired) electrons. The molecule has 0 aromatic heterocycles.